The zero-order valence-electron chi connectivity index (χ0n) is 14.5. The quantitative estimate of drug-likeness (QED) is 0.347. The van der Waals surface area contributed by atoms with Gasteiger partial charge >= 0.3 is 0 Å². The van der Waals surface area contributed by atoms with E-state index in [9.17, 15) is 9.59 Å². The maximum atomic E-state index is 11.9. The first-order valence-corrected chi connectivity index (χ1v) is 9.98. The van der Waals surface area contributed by atoms with E-state index in [2.05, 4.69) is 35.9 Å². The molecule has 0 unspecified atom stereocenters. The van der Waals surface area contributed by atoms with Crippen molar-refractivity contribution in [1.29, 1.82) is 0 Å². The first kappa shape index (κ1) is 16.5. The number of hydrogen-bond acceptors (Lipinski definition) is 2. The van der Waals surface area contributed by atoms with E-state index in [0.717, 1.165) is 42.9 Å². The van der Waals surface area contributed by atoms with Gasteiger partial charge in [-0.25, -0.2) is 0 Å². The highest BCUT2D eigenvalue weighted by Crippen LogP contribution is 2.64. The van der Waals surface area contributed by atoms with Crippen LogP contribution in [0.5, 0.6) is 0 Å². The second-order valence-electron chi connectivity index (χ2n) is 8.48. The van der Waals surface area contributed by atoms with Crippen molar-refractivity contribution in [2.75, 3.05) is 0 Å². The third kappa shape index (κ3) is 2.13. The van der Waals surface area contributed by atoms with E-state index in [0.29, 0.717) is 24.0 Å². The third-order valence-electron chi connectivity index (χ3n) is 7.51. The van der Waals surface area contributed by atoms with Crippen LogP contribution in [0.1, 0.15) is 58.8 Å². The number of carbonyl (C=O) groups excluding carboxylic acids is 2. The SMILES string of the molecule is C[C@]12CCC(=O)C=C1CC[C@@H]1C2=CC[C@]2(C)C(=C(Br)C=O)CC[C@@H]12. The van der Waals surface area contributed by atoms with Crippen LogP contribution in [0, 0.1) is 22.7 Å². The van der Waals surface area contributed by atoms with Crippen LogP contribution >= 0.6 is 15.9 Å². The molecule has 24 heavy (non-hydrogen) atoms. The molecular formula is C21H25BrO2. The van der Waals surface area contributed by atoms with E-state index < -0.39 is 0 Å². The summed E-state index contributed by atoms with van der Waals surface area (Å²) in [5.74, 6) is 1.56. The molecule has 0 aromatic rings. The first-order chi connectivity index (χ1) is 11.4. The zero-order valence-corrected chi connectivity index (χ0v) is 16.1. The third-order valence-corrected chi connectivity index (χ3v) is 8.18. The van der Waals surface area contributed by atoms with Gasteiger partial charge in [-0.2, -0.15) is 0 Å². The van der Waals surface area contributed by atoms with Crippen LogP contribution in [-0.4, -0.2) is 12.1 Å². The fraction of sp³-hybridized carbons (Fsp3) is 0.619. The van der Waals surface area contributed by atoms with E-state index in [-0.39, 0.29) is 10.8 Å². The lowest BCUT2D eigenvalue weighted by atomic mass is 9.52. The molecule has 0 aromatic carbocycles. The number of aldehydes is 1. The molecule has 4 atom stereocenters. The van der Waals surface area contributed by atoms with Crippen molar-refractivity contribution >= 4 is 28.0 Å². The molecule has 2 saturated carbocycles. The molecule has 0 radical (unpaired) electrons. The zero-order chi connectivity index (χ0) is 17.1. The Hall–Kier alpha value is -0.960. The number of halogens is 1. The van der Waals surface area contributed by atoms with Gasteiger partial charge in [-0.05, 0) is 83.4 Å². The van der Waals surface area contributed by atoms with Gasteiger partial charge in [-0.1, -0.05) is 31.1 Å². The molecule has 2 nitrogen and oxygen atoms in total. The molecule has 4 aliphatic rings. The van der Waals surface area contributed by atoms with Crippen LogP contribution in [0.25, 0.3) is 0 Å². The van der Waals surface area contributed by atoms with Gasteiger partial charge in [0.05, 0.1) is 4.48 Å². The normalized spacial score (nSPS) is 43.2. The second kappa shape index (κ2) is 5.52. The Kier molecular flexibility index (Phi) is 3.80. The van der Waals surface area contributed by atoms with Gasteiger partial charge in [0, 0.05) is 11.8 Å². The monoisotopic (exact) mass is 388 g/mol. The Bertz CT molecular complexity index is 713. The molecule has 4 aliphatic carbocycles. The predicted molar refractivity (Wildman–Crippen MR) is 98.7 cm³/mol. The van der Waals surface area contributed by atoms with E-state index in [1.54, 1.807) is 5.57 Å². The average Bonchev–Trinajstić information content (AvgIpc) is 2.92. The fourth-order valence-corrected chi connectivity index (χ4v) is 6.79. The summed E-state index contributed by atoms with van der Waals surface area (Å²) in [5.41, 5.74) is 4.51. The van der Waals surface area contributed by atoms with Crippen molar-refractivity contribution < 1.29 is 9.59 Å². The fourth-order valence-electron chi connectivity index (χ4n) is 6.14. The minimum atomic E-state index is 0.104. The molecule has 0 bridgehead atoms. The number of hydrogen-bond donors (Lipinski definition) is 0. The Balaban J connectivity index is 1.77. The topological polar surface area (TPSA) is 34.1 Å². The van der Waals surface area contributed by atoms with Crippen LogP contribution in [0.2, 0.25) is 0 Å². The second-order valence-corrected chi connectivity index (χ2v) is 9.34. The largest absolute Gasteiger partial charge is 0.297 e. The highest BCUT2D eigenvalue weighted by Gasteiger charge is 2.54. The molecule has 0 amide bonds. The number of fused-ring (bicyclic) bond motifs is 5. The van der Waals surface area contributed by atoms with Gasteiger partial charge in [0.1, 0.15) is 0 Å². The van der Waals surface area contributed by atoms with E-state index in [1.165, 1.54) is 17.6 Å². The Morgan fingerprint density at radius 2 is 2.04 bits per heavy atom. The summed E-state index contributed by atoms with van der Waals surface area (Å²) < 4.78 is 0.773. The van der Waals surface area contributed by atoms with Crippen molar-refractivity contribution in [2.45, 2.75) is 58.8 Å². The predicted octanol–water partition coefficient (Wildman–Crippen LogP) is 5.29. The summed E-state index contributed by atoms with van der Waals surface area (Å²) in [7, 11) is 0. The van der Waals surface area contributed by atoms with Crippen LogP contribution in [0.4, 0.5) is 0 Å². The highest BCUT2D eigenvalue weighted by atomic mass is 79.9. The van der Waals surface area contributed by atoms with Gasteiger partial charge in [0.2, 0.25) is 0 Å². The summed E-state index contributed by atoms with van der Waals surface area (Å²) in [6, 6.07) is 0. The Morgan fingerprint density at radius 1 is 1.25 bits per heavy atom. The maximum Gasteiger partial charge on any atom is 0.156 e. The van der Waals surface area contributed by atoms with Crippen molar-refractivity contribution in [1.82, 2.24) is 0 Å². The molecule has 4 rings (SSSR count). The summed E-state index contributed by atoms with van der Waals surface area (Å²) in [6.45, 7) is 4.72. The number of allylic oxidation sites excluding steroid dienone is 6. The minimum absolute atomic E-state index is 0.104. The lowest BCUT2D eigenvalue weighted by Crippen LogP contribution is -2.43. The molecular weight excluding hydrogens is 364 g/mol. The maximum absolute atomic E-state index is 11.9. The standard InChI is InChI=1S/C21H25BrO2/c1-20-9-7-14(24)11-13(20)3-4-15-16-5-6-18(19(22)12-23)21(16,2)10-8-17(15)20/h8,11-12,15-16H,3-7,9-10H2,1-2H3/t15-,16-,20-,21-/m0/s1. The van der Waals surface area contributed by atoms with Crippen molar-refractivity contribution in [3.05, 3.63) is 33.4 Å². The lowest BCUT2D eigenvalue weighted by molar-refractivity contribution is -0.115. The summed E-state index contributed by atoms with van der Waals surface area (Å²) in [4.78, 5) is 23.2. The molecule has 0 aliphatic heterocycles. The van der Waals surface area contributed by atoms with Crippen LogP contribution in [0.3, 0.4) is 0 Å². The summed E-state index contributed by atoms with van der Waals surface area (Å²) in [6.07, 6.45) is 12.5. The van der Waals surface area contributed by atoms with E-state index in [1.807, 2.05) is 6.08 Å². The number of ketones is 1. The number of rotatable bonds is 1. The highest BCUT2D eigenvalue weighted by molar-refractivity contribution is 9.12. The Labute approximate surface area is 152 Å². The van der Waals surface area contributed by atoms with Crippen LogP contribution < -0.4 is 0 Å². The smallest absolute Gasteiger partial charge is 0.156 e. The van der Waals surface area contributed by atoms with E-state index >= 15 is 0 Å². The molecule has 128 valence electrons. The lowest BCUT2D eigenvalue weighted by Gasteiger charge is -2.52. The summed E-state index contributed by atoms with van der Waals surface area (Å²) >= 11 is 3.51. The summed E-state index contributed by atoms with van der Waals surface area (Å²) in [5, 5.41) is 0. The van der Waals surface area contributed by atoms with Crippen molar-refractivity contribution in [3.63, 3.8) is 0 Å². The van der Waals surface area contributed by atoms with Crippen LogP contribution in [-0.2, 0) is 9.59 Å². The molecule has 0 spiro atoms. The van der Waals surface area contributed by atoms with Gasteiger partial charge in [0.25, 0.3) is 0 Å². The van der Waals surface area contributed by atoms with Crippen molar-refractivity contribution in [2.24, 2.45) is 22.7 Å². The van der Waals surface area contributed by atoms with Gasteiger partial charge in [0.15, 0.2) is 12.1 Å². The molecule has 0 aromatic heterocycles. The molecule has 2 fully saturated rings. The first-order valence-electron chi connectivity index (χ1n) is 9.19. The van der Waals surface area contributed by atoms with Crippen molar-refractivity contribution in [3.8, 4) is 0 Å². The Morgan fingerprint density at radius 3 is 2.79 bits per heavy atom. The average molecular weight is 389 g/mol. The van der Waals surface area contributed by atoms with E-state index in [4.69, 9.17) is 0 Å². The molecule has 0 saturated heterocycles. The number of carbonyl (C=O) groups is 2. The van der Waals surface area contributed by atoms with Gasteiger partial charge < -0.3 is 0 Å². The minimum Gasteiger partial charge on any atom is -0.297 e. The molecule has 0 N–H and O–H groups in total. The van der Waals surface area contributed by atoms with Crippen LogP contribution in [0.15, 0.2) is 33.4 Å². The van der Waals surface area contributed by atoms with Gasteiger partial charge in [-0.3, -0.25) is 9.59 Å². The molecule has 0 heterocycles. The van der Waals surface area contributed by atoms with Gasteiger partial charge in [-0.15, -0.1) is 0 Å². The molecule has 3 heteroatoms.